The Balaban J connectivity index is 1.51. The van der Waals surface area contributed by atoms with Crippen molar-refractivity contribution < 1.29 is 17.9 Å². The molecule has 0 aliphatic carbocycles. The van der Waals surface area contributed by atoms with E-state index in [9.17, 15) is 13.2 Å². The van der Waals surface area contributed by atoms with Gasteiger partial charge in [0.15, 0.2) is 0 Å². The van der Waals surface area contributed by atoms with Gasteiger partial charge in [0.2, 0.25) is 0 Å². The zero-order chi connectivity index (χ0) is 18.9. The van der Waals surface area contributed by atoms with Gasteiger partial charge in [0, 0.05) is 29.5 Å². The van der Waals surface area contributed by atoms with Crippen LogP contribution in [-0.4, -0.2) is 32.3 Å². The number of alkyl halides is 3. The van der Waals surface area contributed by atoms with Gasteiger partial charge in [-0.2, -0.15) is 13.2 Å². The van der Waals surface area contributed by atoms with E-state index in [-0.39, 0.29) is 0 Å². The molecule has 1 N–H and O–H groups in total. The molecule has 3 nitrogen and oxygen atoms in total. The number of nitrogens with one attached hydrogen (secondary N) is 1. The maximum absolute atomic E-state index is 13.2. The number of benzene rings is 2. The zero-order valence-corrected chi connectivity index (χ0v) is 15.6. The summed E-state index contributed by atoms with van der Waals surface area (Å²) in [5.74, 6) is 0. The second kappa shape index (κ2) is 7.73. The molecule has 1 fully saturated rings. The van der Waals surface area contributed by atoms with Crippen LogP contribution in [0.15, 0.2) is 52.3 Å². The molecule has 0 aromatic heterocycles. The first-order valence-electron chi connectivity index (χ1n) is 9.10. The van der Waals surface area contributed by atoms with Gasteiger partial charge >= 0.3 is 6.18 Å². The Morgan fingerprint density at radius 1 is 1.11 bits per heavy atom. The van der Waals surface area contributed by atoms with Gasteiger partial charge in [0.1, 0.15) is 0 Å². The normalized spacial score (nSPS) is 18.6. The lowest BCUT2D eigenvalue weighted by Gasteiger charge is -2.33. The van der Waals surface area contributed by atoms with E-state index < -0.39 is 11.7 Å². The van der Waals surface area contributed by atoms with Crippen LogP contribution >= 0.6 is 11.8 Å². The Bertz CT molecular complexity index is 808. The van der Waals surface area contributed by atoms with Gasteiger partial charge in [-0.25, -0.2) is 0 Å². The third-order valence-corrected chi connectivity index (χ3v) is 5.98. The molecule has 0 radical (unpaired) electrons. The second-order valence-electron chi connectivity index (χ2n) is 6.74. The topological polar surface area (TPSA) is 24.5 Å². The van der Waals surface area contributed by atoms with Crippen molar-refractivity contribution in [1.82, 2.24) is 5.32 Å². The minimum absolute atomic E-state index is 0.312. The number of hydrogen-bond acceptors (Lipinski definition) is 4. The molecule has 27 heavy (non-hydrogen) atoms. The fourth-order valence-corrected chi connectivity index (χ4v) is 4.39. The van der Waals surface area contributed by atoms with Crippen LogP contribution in [0.3, 0.4) is 0 Å². The molecular formula is C20H21F3N2OS. The number of fused-ring (bicyclic) bond motifs is 2. The van der Waals surface area contributed by atoms with Crippen LogP contribution in [-0.2, 0) is 10.9 Å². The quantitative estimate of drug-likeness (QED) is 0.691. The monoisotopic (exact) mass is 394 g/mol. The van der Waals surface area contributed by atoms with Gasteiger partial charge in [-0.05, 0) is 49.7 Å². The fourth-order valence-electron chi connectivity index (χ4n) is 3.32. The number of rotatable bonds is 6. The van der Waals surface area contributed by atoms with Gasteiger partial charge in [0.05, 0.1) is 23.0 Å². The van der Waals surface area contributed by atoms with Crippen molar-refractivity contribution in [3.8, 4) is 0 Å². The predicted octanol–water partition coefficient (Wildman–Crippen LogP) is 5.08. The number of anilines is 2. The zero-order valence-electron chi connectivity index (χ0n) is 14.8. The first kappa shape index (κ1) is 18.7. The van der Waals surface area contributed by atoms with Crippen LogP contribution in [0.25, 0.3) is 0 Å². The molecule has 7 heteroatoms. The van der Waals surface area contributed by atoms with E-state index in [1.54, 1.807) is 6.07 Å². The van der Waals surface area contributed by atoms with E-state index in [0.717, 1.165) is 54.1 Å². The summed E-state index contributed by atoms with van der Waals surface area (Å²) in [4.78, 5) is 3.94. The number of ether oxygens (including phenoxy) is 1. The number of hydrogen-bond donors (Lipinski definition) is 1. The largest absolute Gasteiger partial charge is 0.416 e. The van der Waals surface area contributed by atoms with Crippen molar-refractivity contribution >= 4 is 23.1 Å². The van der Waals surface area contributed by atoms with Crippen molar-refractivity contribution in [2.24, 2.45) is 0 Å². The van der Waals surface area contributed by atoms with Crippen molar-refractivity contribution in [2.45, 2.75) is 34.9 Å². The molecule has 0 amide bonds. The summed E-state index contributed by atoms with van der Waals surface area (Å²) >= 11 is 1.52. The highest BCUT2D eigenvalue weighted by Crippen LogP contribution is 2.49. The smallest absolute Gasteiger partial charge is 0.377 e. The predicted molar refractivity (Wildman–Crippen MR) is 101 cm³/mol. The van der Waals surface area contributed by atoms with E-state index in [1.165, 1.54) is 17.8 Å². The second-order valence-corrected chi connectivity index (χ2v) is 7.82. The number of halogens is 3. The lowest BCUT2D eigenvalue weighted by molar-refractivity contribution is -0.137. The molecule has 2 aliphatic rings. The van der Waals surface area contributed by atoms with Crippen molar-refractivity contribution in [2.75, 3.05) is 31.1 Å². The Morgan fingerprint density at radius 3 is 2.63 bits per heavy atom. The lowest BCUT2D eigenvalue weighted by Crippen LogP contribution is -2.38. The average Bonchev–Trinajstić information content (AvgIpc) is 2.61. The lowest BCUT2D eigenvalue weighted by atomic mass is 10.1. The van der Waals surface area contributed by atoms with E-state index >= 15 is 0 Å². The summed E-state index contributed by atoms with van der Waals surface area (Å²) in [6, 6.07) is 11.9. The van der Waals surface area contributed by atoms with Gasteiger partial charge in [0.25, 0.3) is 0 Å². The summed E-state index contributed by atoms with van der Waals surface area (Å²) in [7, 11) is 0. The molecule has 2 aromatic carbocycles. The molecule has 0 bridgehead atoms. The Hall–Kier alpha value is -1.70. The third kappa shape index (κ3) is 4.10. The number of nitrogens with zero attached hydrogens (tertiary/aromatic N) is 1. The first-order valence-corrected chi connectivity index (χ1v) is 9.92. The molecule has 1 saturated heterocycles. The Kier molecular flexibility index (Phi) is 5.34. The van der Waals surface area contributed by atoms with Crippen LogP contribution in [0.2, 0.25) is 0 Å². The minimum atomic E-state index is -4.34. The molecule has 0 spiro atoms. The van der Waals surface area contributed by atoms with Gasteiger partial charge < -0.3 is 15.0 Å². The molecule has 2 aliphatic heterocycles. The van der Waals surface area contributed by atoms with Gasteiger partial charge in [-0.1, -0.05) is 23.9 Å². The highest BCUT2D eigenvalue weighted by molar-refractivity contribution is 7.99. The summed E-state index contributed by atoms with van der Waals surface area (Å²) in [5.41, 5.74) is 0.999. The summed E-state index contributed by atoms with van der Waals surface area (Å²) in [5, 5.41) is 3.37. The van der Waals surface area contributed by atoms with Crippen molar-refractivity contribution in [1.29, 1.82) is 0 Å². The molecule has 0 saturated carbocycles. The van der Waals surface area contributed by atoms with Gasteiger partial charge in [-0.15, -0.1) is 0 Å². The molecule has 4 rings (SSSR count). The fraction of sp³-hybridized carbons (Fsp3) is 0.400. The molecule has 2 aromatic rings. The highest BCUT2D eigenvalue weighted by Gasteiger charge is 2.33. The molecular weight excluding hydrogens is 373 g/mol. The minimum Gasteiger partial charge on any atom is -0.377 e. The van der Waals surface area contributed by atoms with E-state index in [4.69, 9.17) is 4.74 Å². The Morgan fingerprint density at radius 2 is 1.89 bits per heavy atom. The molecule has 1 unspecified atom stereocenters. The maximum Gasteiger partial charge on any atom is 0.416 e. The summed E-state index contributed by atoms with van der Waals surface area (Å²) < 4.78 is 45.0. The standard InChI is InChI=1S/C20H21F3N2OS/c21-20(22,23)14-6-7-19-17(12-14)25(16-4-1-2-5-18(16)27-19)10-3-9-24-13-15-8-11-26-15/h1-2,4-7,12,15,24H,3,8-11,13H2. The van der Waals surface area contributed by atoms with Crippen LogP contribution in [0, 0.1) is 0 Å². The van der Waals surface area contributed by atoms with Crippen LogP contribution in [0.5, 0.6) is 0 Å². The van der Waals surface area contributed by atoms with E-state index in [2.05, 4.69) is 5.32 Å². The molecule has 1 atom stereocenters. The summed E-state index contributed by atoms with van der Waals surface area (Å²) in [6.45, 7) is 3.14. The Labute approximate surface area is 160 Å². The summed E-state index contributed by atoms with van der Waals surface area (Å²) in [6.07, 6.45) is -2.10. The number of para-hydroxylation sites is 1. The van der Waals surface area contributed by atoms with Gasteiger partial charge in [-0.3, -0.25) is 0 Å². The molecule has 2 heterocycles. The maximum atomic E-state index is 13.2. The molecule has 144 valence electrons. The third-order valence-electron chi connectivity index (χ3n) is 4.85. The average molecular weight is 394 g/mol. The van der Waals surface area contributed by atoms with E-state index in [1.807, 2.05) is 29.2 Å². The SMILES string of the molecule is FC(F)(F)c1ccc2c(c1)N(CCCNCC1CCO1)c1ccccc1S2. The first-order chi connectivity index (χ1) is 13.0. The highest BCUT2D eigenvalue weighted by atomic mass is 32.2. The van der Waals surface area contributed by atoms with Crippen LogP contribution in [0.1, 0.15) is 18.4 Å². The van der Waals surface area contributed by atoms with E-state index in [0.29, 0.717) is 18.3 Å². The van der Waals surface area contributed by atoms with Crippen molar-refractivity contribution in [3.05, 3.63) is 48.0 Å². The van der Waals surface area contributed by atoms with Crippen LogP contribution < -0.4 is 10.2 Å². The van der Waals surface area contributed by atoms with Crippen LogP contribution in [0.4, 0.5) is 24.5 Å². The van der Waals surface area contributed by atoms with Crippen molar-refractivity contribution in [3.63, 3.8) is 0 Å².